The Balaban J connectivity index is 2.39. The first-order chi connectivity index (χ1) is 9.43. The second-order valence-electron chi connectivity index (χ2n) is 4.35. The molecule has 0 atom stereocenters. The predicted molar refractivity (Wildman–Crippen MR) is 73.6 cm³/mol. The summed E-state index contributed by atoms with van der Waals surface area (Å²) in [7, 11) is 0. The topological polar surface area (TPSA) is 84.8 Å². The first kappa shape index (κ1) is 14.0. The van der Waals surface area contributed by atoms with Gasteiger partial charge in [0.1, 0.15) is 11.4 Å². The fourth-order valence-electron chi connectivity index (χ4n) is 2.01. The summed E-state index contributed by atoms with van der Waals surface area (Å²) < 4.78 is 1.54. The Morgan fingerprint density at radius 3 is 2.70 bits per heavy atom. The Kier molecular flexibility index (Phi) is 3.72. The molecule has 0 saturated carbocycles. The lowest BCUT2D eigenvalue weighted by Gasteiger charge is -2.06. The van der Waals surface area contributed by atoms with Crippen molar-refractivity contribution in [2.75, 3.05) is 0 Å². The van der Waals surface area contributed by atoms with Crippen molar-refractivity contribution in [3.63, 3.8) is 0 Å². The Hall–Kier alpha value is -2.39. The number of nitrogens with zero attached hydrogens (tertiary/aromatic N) is 4. The summed E-state index contributed by atoms with van der Waals surface area (Å²) in [6, 6.07) is 6.95. The number of hydrogen-bond acceptors (Lipinski definition) is 4. The molecule has 1 aromatic carbocycles. The molecular weight excluding hydrogens is 280 g/mol. The normalized spacial score (nSPS) is 10.3. The van der Waals surface area contributed by atoms with Crippen LogP contribution < -0.4 is 0 Å². The van der Waals surface area contributed by atoms with Gasteiger partial charge in [-0.3, -0.25) is 14.8 Å². The summed E-state index contributed by atoms with van der Waals surface area (Å²) in [5, 5.41) is 24.3. The van der Waals surface area contributed by atoms with Crippen LogP contribution >= 0.6 is 11.6 Å². The molecule has 0 unspecified atom stereocenters. The molecule has 0 radical (unpaired) electrons. The van der Waals surface area contributed by atoms with Crippen molar-refractivity contribution in [1.29, 1.82) is 5.26 Å². The third kappa shape index (κ3) is 2.49. The molecular formula is C13H11ClN4O2. The largest absolute Gasteiger partial charge is 0.312 e. The summed E-state index contributed by atoms with van der Waals surface area (Å²) in [4.78, 5) is 10.5. The van der Waals surface area contributed by atoms with Crippen LogP contribution in [-0.2, 0) is 6.54 Å². The number of aryl methyl sites for hydroxylation is 1. The van der Waals surface area contributed by atoms with E-state index < -0.39 is 4.92 Å². The number of aromatic nitrogens is 2. The highest BCUT2D eigenvalue weighted by Crippen LogP contribution is 2.24. The molecule has 0 aliphatic heterocycles. The van der Waals surface area contributed by atoms with Crippen molar-refractivity contribution in [3.8, 4) is 6.07 Å². The van der Waals surface area contributed by atoms with Crippen molar-refractivity contribution in [1.82, 2.24) is 9.78 Å². The fourth-order valence-corrected chi connectivity index (χ4v) is 2.25. The van der Waals surface area contributed by atoms with Gasteiger partial charge in [0.2, 0.25) is 0 Å². The number of benzene rings is 1. The van der Waals surface area contributed by atoms with Gasteiger partial charge in [-0.15, -0.1) is 0 Å². The molecule has 0 spiro atoms. The first-order valence-electron chi connectivity index (χ1n) is 5.81. The SMILES string of the molecule is Cc1nn(Cc2ccc(C#N)cc2Cl)c(C)c1[N+](=O)[O-]. The summed E-state index contributed by atoms with van der Waals surface area (Å²) in [5.41, 5.74) is 2.10. The number of hydrogen-bond donors (Lipinski definition) is 0. The minimum atomic E-state index is -0.436. The molecule has 2 aromatic rings. The molecule has 0 aliphatic carbocycles. The second kappa shape index (κ2) is 5.31. The van der Waals surface area contributed by atoms with Crippen LogP contribution in [0.2, 0.25) is 5.02 Å². The van der Waals surface area contributed by atoms with Crippen molar-refractivity contribution in [2.24, 2.45) is 0 Å². The van der Waals surface area contributed by atoms with Gasteiger partial charge in [-0.1, -0.05) is 17.7 Å². The highest BCUT2D eigenvalue weighted by molar-refractivity contribution is 6.31. The smallest absolute Gasteiger partial charge is 0.258 e. The Labute approximate surface area is 120 Å². The maximum atomic E-state index is 10.9. The van der Waals surface area contributed by atoms with Gasteiger partial charge in [0.15, 0.2) is 0 Å². The van der Waals surface area contributed by atoms with Crippen LogP contribution in [0.25, 0.3) is 0 Å². The van der Waals surface area contributed by atoms with E-state index in [0.717, 1.165) is 5.56 Å². The predicted octanol–water partition coefficient (Wildman–Crippen LogP) is 2.98. The molecule has 0 amide bonds. The van der Waals surface area contributed by atoms with Crippen molar-refractivity contribution < 1.29 is 4.92 Å². The third-order valence-corrected chi connectivity index (χ3v) is 3.38. The summed E-state index contributed by atoms with van der Waals surface area (Å²) >= 11 is 6.09. The zero-order valence-corrected chi connectivity index (χ0v) is 11.7. The Morgan fingerprint density at radius 2 is 2.20 bits per heavy atom. The van der Waals surface area contributed by atoms with Crippen LogP contribution in [0.15, 0.2) is 18.2 Å². The zero-order valence-electron chi connectivity index (χ0n) is 10.9. The molecule has 0 aliphatic rings. The van der Waals surface area contributed by atoms with Crippen LogP contribution in [-0.4, -0.2) is 14.7 Å². The molecule has 20 heavy (non-hydrogen) atoms. The molecule has 2 rings (SSSR count). The maximum absolute atomic E-state index is 10.9. The lowest BCUT2D eigenvalue weighted by atomic mass is 10.1. The molecule has 1 aromatic heterocycles. The van der Waals surface area contributed by atoms with Crippen LogP contribution in [0, 0.1) is 35.3 Å². The lowest BCUT2D eigenvalue weighted by Crippen LogP contribution is -2.05. The van der Waals surface area contributed by atoms with E-state index in [0.29, 0.717) is 28.5 Å². The van der Waals surface area contributed by atoms with Gasteiger partial charge in [0.05, 0.1) is 23.1 Å². The van der Waals surface area contributed by atoms with Gasteiger partial charge in [0, 0.05) is 5.02 Å². The van der Waals surface area contributed by atoms with Crippen molar-refractivity contribution in [2.45, 2.75) is 20.4 Å². The molecule has 0 saturated heterocycles. The quantitative estimate of drug-likeness (QED) is 0.642. The van der Waals surface area contributed by atoms with Crippen LogP contribution in [0.1, 0.15) is 22.5 Å². The lowest BCUT2D eigenvalue weighted by molar-refractivity contribution is -0.386. The molecule has 6 nitrogen and oxygen atoms in total. The minimum absolute atomic E-state index is 0.0229. The van der Waals surface area contributed by atoms with Gasteiger partial charge < -0.3 is 0 Å². The maximum Gasteiger partial charge on any atom is 0.312 e. The standard InChI is InChI=1S/C13H11ClN4O2/c1-8-13(18(19)20)9(2)17(16-8)7-11-4-3-10(6-15)5-12(11)14/h3-5H,7H2,1-2H3. The number of nitriles is 1. The van der Waals surface area contributed by atoms with E-state index in [1.807, 2.05) is 6.07 Å². The monoisotopic (exact) mass is 290 g/mol. The van der Waals surface area contributed by atoms with Gasteiger partial charge >= 0.3 is 5.69 Å². The molecule has 0 fully saturated rings. The highest BCUT2D eigenvalue weighted by Gasteiger charge is 2.22. The molecule has 0 bridgehead atoms. The minimum Gasteiger partial charge on any atom is -0.258 e. The second-order valence-corrected chi connectivity index (χ2v) is 4.76. The van der Waals surface area contributed by atoms with E-state index in [9.17, 15) is 10.1 Å². The average molecular weight is 291 g/mol. The summed E-state index contributed by atoms with van der Waals surface area (Å²) in [6.45, 7) is 3.57. The van der Waals surface area contributed by atoms with E-state index in [-0.39, 0.29) is 5.69 Å². The Morgan fingerprint density at radius 1 is 1.50 bits per heavy atom. The highest BCUT2D eigenvalue weighted by atomic mass is 35.5. The van der Waals surface area contributed by atoms with E-state index in [4.69, 9.17) is 16.9 Å². The van der Waals surface area contributed by atoms with Gasteiger partial charge in [-0.05, 0) is 31.5 Å². The van der Waals surface area contributed by atoms with Gasteiger partial charge in [-0.25, -0.2) is 0 Å². The van der Waals surface area contributed by atoms with Crippen LogP contribution in [0.3, 0.4) is 0 Å². The van der Waals surface area contributed by atoms with E-state index in [1.54, 1.807) is 36.7 Å². The zero-order chi connectivity index (χ0) is 14.9. The average Bonchev–Trinajstić information content (AvgIpc) is 2.66. The van der Waals surface area contributed by atoms with E-state index in [2.05, 4.69) is 5.10 Å². The van der Waals surface area contributed by atoms with Crippen molar-refractivity contribution in [3.05, 3.63) is 55.9 Å². The Bertz CT molecular complexity index is 731. The summed E-state index contributed by atoms with van der Waals surface area (Å²) in [6.07, 6.45) is 0. The molecule has 0 N–H and O–H groups in total. The van der Waals surface area contributed by atoms with Crippen molar-refractivity contribution >= 4 is 17.3 Å². The molecule has 7 heteroatoms. The third-order valence-electron chi connectivity index (χ3n) is 3.03. The van der Waals surface area contributed by atoms with Crippen LogP contribution in [0.4, 0.5) is 5.69 Å². The molecule has 1 heterocycles. The number of halogens is 1. The summed E-state index contributed by atoms with van der Waals surface area (Å²) in [5.74, 6) is 0. The number of nitro groups is 1. The molecule has 102 valence electrons. The van der Waals surface area contributed by atoms with E-state index >= 15 is 0 Å². The fraction of sp³-hybridized carbons (Fsp3) is 0.231. The van der Waals surface area contributed by atoms with E-state index in [1.165, 1.54) is 0 Å². The van der Waals surface area contributed by atoms with Gasteiger partial charge in [-0.2, -0.15) is 10.4 Å². The van der Waals surface area contributed by atoms with Gasteiger partial charge in [0.25, 0.3) is 0 Å². The number of rotatable bonds is 3. The first-order valence-corrected chi connectivity index (χ1v) is 6.18. The van der Waals surface area contributed by atoms with Crippen LogP contribution in [0.5, 0.6) is 0 Å².